The van der Waals surface area contributed by atoms with Crippen molar-refractivity contribution in [1.29, 1.82) is 0 Å². The molecular weight excluding hydrogens is 238 g/mol. The Morgan fingerprint density at radius 2 is 2.24 bits per heavy atom. The number of nitrogens with two attached hydrogens (primary N) is 1. The fourth-order valence-corrected chi connectivity index (χ4v) is 2.55. The van der Waals surface area contributed by atoms with Gasteiger partial charge in [0.1, 0.15) is 0 Å². The summed E-state index contributed by atoms with van der Waals surface area (Å²) in [6, 6.07) is 7.04. The zero-order valence-corrected chi connectivity index (χ0v) is 10.5. The minimum atomic E-state index is -3.63. The van der Waals surface area contributed by atoms with Gasteiger partial charge < -0.3 is 4.90 Å². The van der Waals surface area contributed by atoms with Gasteiger partial charge in [-0.25, -0.2) is 18.9 Å². The number of sulfonamides is 1. The molecule has 0 spiro atoms. The van der Waals surface area contributed by atoms with Crippen molar-refractivity contribution in [2.75, 3.05) is 24.5 Å². The third-order valence-corrected chi connectivity index (χ3v) is 3.81. The van der Waals surface area contributed by atoms with Crippen LogP contribution in [0.25, 0.3) is 0 Å². The number of hydrogen-bond donors (Lipinski definition) is 1. The Bertz CT molecular complexity index is 501. The molecule has 1 heterocycles. The van der Waals surface area contributed by atoms with E-state index in [0.717, 1.165) is 25.3 Å². The van der Waals surface area contributed by atoms with Crippen molar-refractivity contribution in [2.24, 2.45) is 5.14 Å². The Morgan fingerprint density at radius 3 is 2.88 bits per heavy atom. The summed E-state index contributed by atoms with van der Waals surface area (Å²) in [6.07, 6.45) is 0. The van der Waals surface area contributed by atoms with E-state index in [1.807, 2.05) is 6.07 Å². The summed E-state index contributed by atoms with van der Waals surface area (Å²) in [6.45, 7) is 4.45. The van der Waals surface area contributed by atoms with Gasteiger partial charge in [0.2, 0.25) is 10.0 Å². The third-order valence-electron chi connectivity index (χ3n) is 2.90. The molecule has 1 aliphatic rings. The summed E-state index contributed by atoms with van der Waals surface area (Å²) < 4.78 is 22.6. The number of benzene rings is 1. The number of rotatable bonds is 2. The molecule has 6 heteroatoms. The van der Waals surface area contributed by atoms with E-state index in [1.165, 1.54) is 6.07 Å². The molecule has 0 aliphatic carbocycles. The van der Waals surface area contributed by atoms with E-state index in [0.29, 0.717) is 6.04 Å². The first-order valence-electron chi connectivity index (χ1n) is 5.51. The summed E-state index contributed by atoms with van der Waals surface area (Å²) >= 11 is 0. The minimum Gasteiger partial charge on any atom is -0.366 e. The van der Waals surface area contributed by atoms with Gasteiger partial charge in [-0.3, -0.25) is 0 Å². The van der Waals surface area contributed by atoms with E-state index in [9.17, 15) is 8.42 Å². The number of primary sulfonamides is 1. The van der Waals surface area contributed by atoms with Crippen LogP contribution in [0.15, 0.2) is 29.2 Å². The van der Waals surface area contributed by atoms with Crippen molar-refractivity contribution in [3.05, 3.63) is 24.3 Å². The molecule has 0 saturated carbocycles. The zero-order chi connectivity index (χ0) is 12.5. The minimum absolute atomic E-state index is 0.157. The maximum absolute atomic E-state index is 11.3. The first kappa shape index (κ1) is 12.3. The average molecular weight is 254 g/mol. The highest BCUT2D eigenvalue weighted by Crippen LogP contribution is 2.21. The molecule has 0 amide bonds. The highest BCUT2D eigenvalue weighted by atomic mass is 32.2. The first-order chi connectivity index (χ1) is 7.98. The summed E-state index contributed by atoms with van der Waals surface area (Å²) in [5.41, 5.74) is 0.888. The zero-order valence-electron chi connectivity index (χ0n) is 9.70. The highest BCUT2D eigenvalue weighted by Gasteiger charge is 2.20. The molecule has 1 radical (unpaired) electrons. The molecule has 17 heavy (non-hydrogen) atoms. The molecule has 2 N–H and O–H groups in total. The molecule has 5 nitrogen and oxygen atoms in total. The van der Waals surface area contributed by atoms with E-state index in [4.69, 9.17) is 5.14 Å². The van der Waals surface area contributed by atoms with Gasteiger partial charge in [-0.2, -0.15) is 0 Å². The van der Waals surface area contributed by atoms with Crippen LogP contribution in [-0.4, -0.2) is 34.1 Å². The van der Waals surface area contributed by atoms with Crippen LogP contribution in [0.1, 0.15) is 6.92 Å². The quantitative estimate of drug-likeness (QED) is 0.816. The van der Waals surface area contributed by atoms with Crippen LogP contribution >= 0.6 is 0 Å². The summed E-state index contributed by atoms with van der Waals surface area (Å²) in [4.78, 5) is 2.31. The second kappa shape index (κ2) is 4.64. The largest absolute Gasteiger partial charge is 0.366 e. The van der Waals surface area contributed by atoms with Gasteiger partial charge in [-0.05, 0) is 25.1 Å². The molecule has 0 aromatic heterocycles. The lowest BCUT2D eigenvalue weighted by Crippen LogP contribution is -2.47. The van der Waals surface area contributed by atoms with Crippen molar-refractivity contribution in [3.63, 3.8) is 0 Å². The predicted octanol–water partition coefficient (Wildman–Crippen LogP) is 0.147. The molecule has 1 fully saturated rings. The van der Waals surface area contributed by atoms with Gasteiger partial charge in [0.25, 0.3) is 0 Å². The van der Waals surface area contributed by atoms with Crippen molar-refractivity contribution in [3.8, 4) is 0 Å². The molecule has 2 rings (SSSR count). The number of piperazine rings is 1. The standard InChI is InChI=1S/C11H16N3O2S/c1-9-8-13-5-6-14(9)10-3-2-4-11(7-10)17(12,15)16/h2-4,7,9H,5-6,8H2,1H3,(H2,12,15,16). The van der Waals surface area contributed by atoms with E-state index in [2.05, 4.69) is 17.1 Å². The molecule has 1 aliphatic heterocycles. The number of hydrogen-bond acceptors (Lipinski definition) is 3. The van der Waals surface area contributed by atoms with Crippen LogP contribution < -0.4 is 15.4 Å². The first-order valence-corrected chi connectivity index (χ1v) is 7.06. The second-order valence-electron chi connectivity index (χ2n) is 4.21. The van der Waals surface area contributed by atoms with E-state index in [1.54, 1.807) is 12.1 Å². The Labute approximate surface area is 102 Å². The topological polar surface area (TPSA) is 77.5 Å². The lowest BCUT2D eigenvalue weighted by Gasteiger charge is -2.35. The number of nitrogens with zero attached hydrogens (tertiary/aromatic N) is 2. The Morgan fingerprint density at radius 1 is 1.47 bits per heavy atom. The summed E-state index contributed by atoms with van der Waals surface area (Å²) in [5, 5.41) is 9.45. The van der Waals surface area contributed by atoms with Crippen LogP contribution in [0.2, 0.25) is 0 Å². The van der Waals surface area contributed by atoms with Crippen LogP contribution in [0.3, 0.4) is 0 Å². The van der Waals surface area contributed by atoms with Gasteiger partial charge in [-0.15, -0.1) is 0 Å². The third kappa shape index (κ3) is 2.77. The summed E-state index contributed by atoms with van der Waals surface area (Å²) in [7, 11) is -3.63. The molecule has 1 saturated heterocycles. The monoisotopic (exact) mass is 254 g/mol. The highest BCUT2D eigenvalue weighted by molar-refractivity contribution is 7.89. The van der Waals surface area contributed by atoms with Gasteiger partial charge >= 0.3 is 0 Å². The smallest absolute Gasteiger partial charge is 0.238 e. The summed E-state index contributed by atoms with van der Waals surface area (Å²) in [5.74, 6) is 0. The molecule has 1 unspecified atom stereocenters. The van der Waals surface area contributed by atoms with Crippen molar-refractivity contribution in [2.45, 2.75) is 17.9 Å². The maximum Gasteiger partial charge on any atom is 0.238 e. The van der Waals surface area contributed by atoms with Gasteiger partial charge in [0.05, 0.1) is 4.90 Å². The van der Waals surface area contributed by atoms with Crippen molar-refractivity contribution < 1.29 is 8.42 Å². The SMILES string of the molecule is CC1C[N]CCN1c1cccc(S(N)(=O)=O)c1. The fraction of sp³-hybridized carbons (Fsp3) is 0.455. The molecule has 1 aromatic rings. The van der Waals surface area contributed by atoms with E-state index >= 15 is 0 Å². The predicted molar refractivity (Wildman–Crippen MR) is 66.5 cm³/mol. The number of anilines is 1. The van der Waals surface area contributed by atoms with Crippen LogP contribution in [0, 0.1) is 0 Å². The average Bonchev–Trinajstić information content (AvgIpc) is 2.29. The Hall–Kier alpha value is -1.11. The molecule has 1 aromatic carbocycles. The normalized spacial score (nSPS) is 21.5. The molecular formula is C11H16N3O2S. The molecule has 1 atom stereocenters. The molecule has 93 valence electrons. The molecule has 0 bridgehead atoms. The van der Waals surface area contributed by atoms with Crippen molar-refractivity contribution in [1.82, 2.24) is 5.32 Å². The van der Waals surface area contributed by atoms with Crippen LogP contribution in [0.5, 0.6) is 0 Å². The Kier molecular flexibility index (Phi) is 3.37. The van der Waals surface area contributed by atoms with Crippen molar-refractivity contribution >= 4 is 15.7 Å². The van der Waals surface area contributed by atoms with Gasteiger partial charge in [0.15, 0.2) is 0 Å². The van der Waals surface area contributed by atoms with Gasteiger partial charge in [0, 0.05) is 31.4 Å². The van der Waals surface area contributed by atoms with E-state index < -0.39 is 10.0 Å². The lowest BCUT2D eigenvalue weighted by atomic mass is 10.2. The fourth-order valence-electron chi connectivity index (χ4n) is 2.00. The van der Waals surface area contributed by atoms with Crippen LogP contribution in [0.4, 0.5) is 5.69 Å². The van der Waals surface area contributed by atoms with Crippen LogP contribution in [-0.2, 0) is 10.0 Å². The maximum atomic E-state index is 11.3. The van der Waals surface area contributed by atoms with E-state index in [-0.39, 0.29) is 4.90 Å². The lowest BCUT2D eigenvalue weighted by molar-refractivity contribution is 0.493. The second-order valence-corrected chi connectivity index (χ2v) is 5.78. The Balaban J connectivity index is 2.33. The van der Waals surface area contributed by atoms with Gasteiger partial charge in [-0.1, -0.05) is 6.07 Å².